The van der Waals surface area contributed by atoms with Gasteiger partial charge in [-0.2, -0.15) is 0 Å². The number of hydrogen-bond acceptors (Lipinski definition) is 7. The molecule has 4 aromatic rings. The van der Waals surface area contributed by atoms with Crippen molar-refractivity contribution in [2.75, 3.05) is 24.9 Å². The molecule has 4 amide bonds. The van der Waals surface area contributed by atoms with E-state index in [1.165, 1.54) is 32.1 Å². The SMILES string of the molecule is COc1ccc(/C=C(\NC(=O)c2ccccc2)C(=O)Nc2ccc(SC(C)C(=O)Nc3ccc(C(N)=O)cc3)cc2)c(OC)c1. The van der Waals surface area contributed by atoms with Crippen molar-refractivity contribution in [2.45, 2.75) is 17.1 Å². The first-order valence-corrected chi connectivity index (χ1v) is 14.6. The van der Waals surface area contributed by atoms with Crippen molar-refractivity contribution >= 4 is 52.8 Å². The number of primary amides is 1. The molecule has 11 heteroatoms. The van der Waals surface area contributed by atoms with Gasteiger partial charge < -0.3 is 31.2 Å². The summed E-state index contributed by atoms with van der Waals surface area (Å²) in [5.41, 5.74) is 7.59. The van der Waals surface area contributed by atoms with Crippen molar-refractivity contribution < 1.29 is 28.7 Å². The lowest BCUT2D eigenvalue weighted by atomic mass is 10.1. The van der Waals surface area contributed by atoms with Gasteiger partial charge in [-0.05, 0) is 85.8 Å². The van der Waals surface area contributed by atoms with E-state index in [4.69, 9.17) is 15.2 Å². The number of carbonyl (C=O) groups excluding carboxylic acids is 4. The number of rotatable bonds is 12. The third kappa shape index (κ3) is 8.97. The molecular weight excluding hydrogens is 592 g/mol. The summed E-state index contributed by atoms with van der Waals surface area (Å²) in [4.78, 5) is 51.2. The zero-order chi connectivity index (χ0) is 32.3. The van der Waals surface area contributed by atoms with Crippen LogP contribution in [0.2, 0.25) is 0 Å². The molecule has 1 unspecified atom stereocenters. The maximum Gasteiger partial charge on any atom is 0.272 e. The monoisotopic (exact) mass is 624 g/mol. The van der Waals surface area contributed by atoms with Gasteiger partial charge in [0.2, 0.25) is 11.8 Å². The van der Waals surface area contributed by atoms with Crippen LogP contribution in [-0.4, -0.2) is 43.1 Å². The van der Waals surface area contributed by atoms with Gasteiger partial charge in [0.1, 0.15) is 17.2 Å². The fraction of sp³-hybridized carbons (Fsp3) is 0.118. The van der Waals surface area contributed by atoms with Gasteiger partial charge >= 0.3 is 0 Å². The lowest BCUT2D eigenvalue weighted by Gasteiger charge is -2.14. The predicted octanol–water partition coefficient (Wildman–Crippen LogP) is 5.33. The highest BCUT2D eigenvalue weighted by Gasteiger charge is 2.18. The van der Waals surface area contributed by atoms with E-state index in [-0.39, 0.29) is 11.6 Å². The van der Waals surface area contributed by atoms with E-state index in [1.807, 2.05) is 0 Å². The number of carbonyl (C=O) groups is 4. The van der Waals surface area contributed by atoms with Crippen LogP contribution in [0, 0.1) is 0 Å². The average molecular weight is 625 g/mol. The molecule has 0 aromatic heterocycles. The number of nitrogens with one attached hydrogen (secondary N) is 3. The Balaban J connectivity index is 1.46. The fourth-order valence-corrected chi connectivity index (χ4v) is 4.94. The minimum atomic E-state index is -0.548. The van der Waals surface area contributed by atoms with Gasteiger partial charge in [-0.1, -0.05) is 18.2 Å². The Hall–Kier alpha value is -5.55. The van der Waals surface area contributed by atoms with Crippen molar-refractivity contribution in [3.05, 3.63) is 119 Å². The maximum atomic E-state index is 13.4. The molecule has 0 bridgehead atoms. The largest absolute Gasteiger partial charge is 0.497 e. The molecule has 0 saturated heterocycles. The molecule has 0 radical (unpaired) electrons. The molecule has 230 valence electrons. The summed E-state index contributed by atoms with van der Waals surface area (Å²) in [7, 11) is 3.04. The van der Waals surface area contributed by atoms with E-state index in [0.29, 0.717) is 39.6 Å². The Labute approximate surface area is 265 Å². The second-order valence-electron chi connectivity index (χ2n) is 9.66. The number of hydrogen-bond donors (Lipinski definition) is 4. The quantitative estimate of drug-likeness (QED) is 0.123. The first kappa shape index (κ1) is 32.4. The van der Waals surface area contributed by atoms with Gasteiger partial charge in [0.15, 0.2) is 0 Å². The van der Waals surface area contributed by atoms with Crippen molar-refractivity contribution in [2.24, 2.45) is 5.73 Å². The number of thioether (sulfide) groups is 1. The Kier molecular flexibility index (Phi) is 11.0. The normalized spacial score (nSPS) is 11.6. The molecule has 5 N–H and O–H groups in total. The molecule has 0 spiro atoms. The molecule has 0 aliphatic heterocycles. The number of anilines is 2. The Bertz CT molecular complexity index is 1710. The number of amides is 4. The minimum absolute atomic E-state index is 0.0000684. The first-order chi connectivity index (χ1) is 21.7. The molecular formula is C34H32N4O6S. The van der Waals surface area contributed by atoms with Gasteiger partial charge in [-0.3, -0.25) is 19.2 Å². The van der Waals surface area contributed by atoms with Crippen LogP contribution in [-0.2, 0) is 9.59 Å². The molecule has 0 aliphatic rings. The summed E-state index contributed by atoms with van der Waals surface area (Å²) in [5.74, 6) is -0.733. The topological polar surface area (TPSA) is 149 Å². The highest BCUT2D eigenvalue weighted by atomic mass is 32.2. The third-order valence-electron chi connectivity index (χ3n) is 6.50. The molecule has 0 fully saturated rings. The van der Waals surface area contributed by atoms with Crippen LogP contribution in [0.1, 0.15) is 33.2 Å². The number of nitrogens with two attached hydrogens (primary N) is 1. The van der Waals surface area contributed by atoms with Gasteiger partial charge in [0.25, 0.3) is 11.8 Å². The van der Waals surface area contributed by atoms with Crippen LogP contribution in [0.5, 0.6) is 11.5 Å². The predicted molar refractivity (Wildman–Crippen MR) is 175 cm³/mol. The van der Waals surface area contributed by atoms with Crippen LogP contribution >= 0.6 is 11.8 Å². The molecule has 0 saturated carbocycles. The highest BCUT2D eigenvalue weighted by molar-refractivity contribution is 8.00. The van der Waals surface area contributed by atoms with Crippen LogP contribution < -0.4 is 31.2 Å². The van der Waals surface area contributed by atoms with E-state index < -0.39 is 23.0 Å². The maximum absolute atomic E-state index is 13.4. The summed E-state index contributed by atoms with van der Waals surface area (Å²) in [6.45, 7) is 1.77. The minimum Gasteiger partial charge on any atom is -0.497 e. The van der Waals surface area contributed by atoms with Crippen molar-refractivity contribution in [1.82, 2.24) is 5.32 Å². The molecule has 4 rings (SSSR count). The van der Waals surface area contributed by atoms with Crippen LogP contribution in [0.4, 0.5) is 11.4 Å². The second-order valence-corrected chi connectivity index (χ2v) is 11.1. The van der Waals surface area contributed by atoms with Crippen LogP contribution in [0.15, 0.2) is 108 Å². The summed E-state index contributed by atoms with van der Waals surface area (Å²) < 4.78 is 10.7. The number of ether oxygens (including phenoxy) is 2. The van der Waals surface area contributed by atoms with E-state index in [1.54, 1.807) is 104 Å². The van der Waals surface area contributed by atoms with E-state index >= 15 is 0 Å². The Morgan fingerprint density at radius 3 is 2.04 bits per heavy atom. The van der Waals surface area contributed by atoms with Crippen LogP contribution in [0.3, 0.4) is 0 Å². The summed E-state index contributed by atoms with van der Waals surface area (Å²) in [5, 5.41) is 7.90. The van der Waals surface area contributed by atoms with E-state index in [0.717, 1.165) is 4.90 Å². The number of methoxy groups -OCH3 is 2. The summed E-state index contributed by atoms with van der Waals surface area (Å²) >= 11 is 1.34. The van der Waals surface area contributed by atoms with Gasteiger partial charge in [0.05, 0.1) is 19.5 Å². The van der Waals surface area contributed by atoms with Crippen molar-refractivity contribution in [3.63, 3.8) is 0 Å². The summed E-state index contributed by atoms with van der Waals surface area (Å²) in [6.07, 6.45) is 1.53. The van der Waals surface area contributed by atoms with Gasteiger partial charge in [-0.25, -0.2) is 0 Å². The second kappa shape index (κ2) is 15.3. The van der Waals surface area contributed by atoms with Gasteiger partial charge in [-0.15, -0.1) is 11.8 Å². The Morgan fingerprint density at radius 1 is 0.778 bits per heavy atom. The molecule has 0 aliphatic carbocycles. The highest BCUT2D eigenvalue weighted by Crippen LogP contribution is 2.28. The summed E-state index contributed by atoms with van der Waals surface area (Å²) in [6, 6.07) is 27.0. The van der Waals surface area contributed by atoms with Gasteiger partial charge in [0, 0.05) is 39.0 Å². The van der Waals surface area contributed by atoms with Crippen molar-refractivity contribution in [3.8, 4) is 11.5 Å². The third-order valence-corrected chi connectivity index (χ3v) is 7.61. The Morgan fingerprint density at radius 2 is 1.42 bits per heavy atom. The fourth-order valence-electron chi connectivity index (χ4n) is 4.07. The molecule has 1 atom stereocenters. The first-order valence-electron chi connectivity index (χ1n) is 13.8. The van der Waals surface area contributed by atoms with Crippen LogP contribution in [0.25, 0.3) is 6.08 Å². The number of benzene rings is 4. The van der Waals surface area contributed by atoms with E-state index in [9.17, 15) is 19.2 Å². The zero-order valence-corrected chi connectivity index (χ0v) is 25.6. The van der Waals surface area contributed by atoms with E-state index in [2.05, 4.69) is 16.0 Å². The lowest BCUT2D eigenvalue weighted by Crippen LogP contribution is -2.30. The molecule has 4 aromatic carbocycles. The molecule has 45 heavy (non-hydrogen) atoms. The lowest BCUT2D eigenvalue weighted by molar-refractivity contribution is -0.115. The molecule has 10 nitrogen and oxygen atoms in total. The standard InChI is InChI=1S/C34H32N4O6S/c1-21(32(40)36-25-12-9-22(10-13-25)31(35)39)45-28-17-14-26(15-18-28)37-34(42)29(38-33(41)23-7-5-4-6-8-23)19-24-11-16-27(43-2)20-30(24)44-3/h4-21H,1-3H3,(H2,35,39)(H,36,40)(H,37,42)(H,38,41)/b29-19-. The zero-order valence-electron chi connectivity index (χ0n) is 24.8. The molecule has 0 heterocycles. The van der Waals surface area contributed by atoms with Crippen molar-refractivity contribution in [1.29, 1.82) is 0 Å². The average Bonchev–Trinajstić information content (AvgIpc) is 3.05. The smallest absolute Gasteiger partial charge is 0.272 e.